The van der Waals surface area contributed by atoms with Gasteiger partial charge in [0.1, 0.15) is 11.7 Å². The quantitative estimate of drug-likeness (QED) is 0.626. The van der Waals surface area contributed by atoms with Gasteiger partial charge in [-0.05, 0) is 44.4 Å². The van der Waals surface area contributed by atoms with Gasteiger partial charge in [0, 0.05) is 23.8 Å². The first-order chi connectivity index (χ1) is 11.8. The maximum Gasteiger partial charge on any atom is 0.347 e. The van der Waals surface area contributed by atoms with E-state index in [0.29, 0.717) is 17.6 Å². The zero-order valence-corrected chi connectivity index (χ0v) is 14.5. The topological polar surface area (TPSA) is 82.8 Å². The van der Waals surface area contributed by atoms with Crippen molar-refractivity contribution in [2.75, 3.05) is 0 Å². The number of esters is 2. The third kappa shape index (κ3) is 3.57. The van der Waals surface area contributed by atoms with Crippen LogP contribution in [0.2, 0.25) is 0 Å². The van der Waals surface area contributed by atoms with E-state index < -0.39 is 23.7 Å². The van der Waals surface area contributed by atoms with Gasteiger partial charge in [-0.1, -0.05) is 12.1 Å². The van der Waals surface area contributed by atoms with Crippen LogP contribution in [0, 0.1) is 13.8 Å². The number of hydrogen-bond acceptors (Lipinski definition) is 6. The Hall–Kier alpha value is -2.63. The number of rotatable bonds is 4. The molecule has 1 aromatic carbocycles. The molecule has 0 radical (unpaired) electrons. The molecule has 2 unspecified atom stereocenters. The summed E-state index contributed by atoms with van der Waals surface area (Å²) in [4.78, 5) is 35.7. The molecule has 3 rings (SSSR count). The first-order valence-corrected chi connectivity index (χ1v) is 8.28. The van der Waals surface area contributed by atoms with Gasteiger partial charge in [0.15, 0.2) is 0 Å². The second kappa shape index (κ2) is 6.70. The molecule has 0 saturated carbocycles. The van der Waals surface area contributed by atoms with Crippen LogP contribution >= 0.6 is 0 Å². The Bertz CT molecular complexity index is 895. The maximum absolute atomic E-state index is 12.2. The number of ether oxygens (including phenoxy) is 2. The van der Waals surface area contributed by atoms with Crippen molar-refractivity contribution in [1.82, 2.24) is 0 Å². The van der Waals surface area contributed by atoms with Crippen LogP contribution < -0.4 is 5.63 Å². The van der Waals surface area contributed by atoms with Crippen LogP contribution in [-0.4, -0.2) is 24.1 Å². The maximum atomic E-state index is 12.2. The van der Waals surface area contributed by atoms with Crippen molar-refractivity contribution in [2.45, 2.75) is 52.2 Å². The average molecular weight is 344 g/mol. The summed E-state index contributed by atoms with van der Waals surface area (Å²) in [6, 6.07) is 5.66. The number of carbonyl (C=O) groups excluding carboxylic acids is 2. The largest absolute Gasteiger partial charge is 0.460 e. The summed E-state index contributed by atoms with van der Waals surface area (Å²) in [5, 5.41) is 0.849. The highest BCUT2D eigenvalue weighted by Gasteiger charge is 2.34. The van der Waals surface area contributed by atoms with Gasteiger partial charge in [-0.25, -0.2) is 9.59 Å². The molecule has 0 bridgehead atoms. The van der Waals surface area contributed by atoms with E-state index in [-0.39, 0.29) is 18.9 Å². The second-order valence-electron chi connectivity index (χ2n) is 6.45. The number of cyclic esters (lactones) is 1. The summed E-state index contributed by atoms with van der Waals surface area (Å²) >= 11 is 0. The third-order valence-electron chi connectivity index (χ3n) is 4.42. The van der Waals surface area contributed by atoms with Crippen molar-refractivity contribution in [3.8, 4) is 0 Å². The van der Waals surface area contributed by atoms with E-state index in [9.17, 15) is 14.4 Å². The Kier molecular flexibility index (Phi) is 4.61. The molecule has 2 heterocycles. The number of aryl methyl sites for hydroxylation is 2. The van der Waals surface area contributed by atoms with Gasteiger partial charge >= 0.3 is 17.6 Å². The molecule has 1 aliphatic rings. The van der Waals surface area contributed by atoms with E-state index in [4.69, 9.17) is 13.9 Å². The predicted octanol–water partition coefficient (Wildman–Crippen LogP) is 2.59. The molecule has 132 valence electrons. The van der Waals surface area contributed by atoms with E-state index in [1.54, 1.807) is 6.92 Å². The molecule has 6 nitrogen and oxygen atoms in total. The van der Waals surface area contributed by atoms with Crippen LogP contribution in [0.5, 0.6) is 0 Å². The molecule has 1 saturated heterocycles. The van der Waals surface area contributed by atoms with Crippen molar-refractivity contribution < 1.29 is 23.5 Å². The smallest absolute Gasteiger partial charge is 0.347 e. The minimum Gasteiger partial charge on any atom is -0.460 e. The van der Waals surface area contributed by atoms with E-state index in [0.717, 1.165) is 16.5 Å². The third-order valence-corrected chi connectivity index (χ3v) is 4.42. The van der Waals surface area contributed by atoms with Crippen molar-refractivity contribution in [3.63, 3.8) is 0 Å². The lowest BCUT2D eigenvalue weighted by Crippen LogP contribution is -2.23. The second-order valence-corrected chi connectivity index (χ2v) is 6.45. The van der Waals surface area contributed by atoms with Crippen LogP contribution in [0.15, 0.2) is 27.4 Å². The molecule has 0 aliphatic carbocycles. The first kappa shape index (κ1) is 17.2. The van der Waals surface area contributed by atoms with Crippen LogP contribution in [-0.2, 0) is 25.5 Å². The molecular weight excluding hydrogens is 324 g/mol. The Morgan fingerprint density at radius 3 is 2.72 bits per heavy atom. The molecule has 1 aliphatic heterocycles. The molecular formula is C19H20O6. The summed E-state index contributed by atoms with van der Waals surface area (Å²) in [7, 11) is 0. The number of hydrogen-bond donors (Lipinski definition) is 0. The van der Waals surface area contributed by atoms with Crippen LogP contribution in [0.4, 0.5) is 0 Å². The molecule has 1 fully saturated rings. The lowest BCUT2D eigenvalue weighted by atomic mass is 10.0. The Morgan fingerprint density at radius 1 is 1.28 bits per heavy atom. The van der Waals surface area contributed by atoms with E-state index in [2.05, 4.69) is 0 Å². The molecule has 1 aromatic heterocycles. The molecule has 2 atom stereocenters. The number of fused-ring (bicyclic) bond motifs is 1. The molecule has 0 N–H and O–H groups in total. The minimum atomic E-state index is -0.848. The zero-order valence-electron chi connectivity index (χ0n) is 14.5. The summed E-state index contributed by atoms with van der Waals surface area (Å²) in [6.45, 7) is 5.51. The summed E-state index contributed by atoms with van der Waals surface area (Å²) < 4.78 is 15.5. The first-order valence-electron chi connectivity index (χ1n) is 8.28. The normalized spacial score (nSPS) is 19.9. The van der Waals surface area contributed by atoms with E-state index in [1.807, 2.05) is 32.0 Å². The Balaban J connectivity index is 1.73. The predicted molar refractivity (Wildman–Crippen MR) is 90.3 cm³/mol. The molecule has 25 heavy (non-hydrogen) atoms. The fraction of sp³-hybridized carbons (Fsp3) is 0.421. The lowest BCUT2D eigenvalue weighted by Gasteiger charge is -2.10. The lowest BCUT2D eigenvalue weighted by molar-refractivity contribution is -0.160. The summed E-state index contributed by atoms with van der Waals surface area (Å²) in [5.74, 6) is -1.04. The summed E-state index contributed by atoms with van der Waals surface area (Å²) in [5.41, 5.74) is 2.35. The van der Waals surface area contributed by atoms with Gasteiger partial charge in [-0.15, -0.1) is 0 Å². The molecule has 0 spiro atoms. The van der Waals surface area contributed by atoms with Gasteiger partial charge in [-0.2, -0.15) is 0 Å². The minimum absolute atomic E-state index is 0.00112. The SMILES string of the molecule is Cc1ccc2c(C)c(CCC(=O)OC3CC(C)OC3=O)c(=O)oc2c1. The van der Waals surface area contributed by atoms with Gasteiger partial charge in [0.25, 0.3) is 0 Å². The molecule has 0 amide bonds. The van der Waals surface area contributed by atoms with E-state index >= 15 is 0 Å². The standard InChI is InChI=1S/C19H20O6/c1-10-4-5-13-12(3)14(18(21)25-15(13)8-10)6-7-17(20)24-16-9-11(2)23-19(16)22/h4-5,8,11,16H,6-7,9H2,1-3H3. The van der Waals surface area contributed by atoms with Gasteiger partial charge in [0.05, 0.1) is 0 Å². The van der Waals surface area contributed by atoms with Crippen LogP contribution in [0.1, 0.15) is 36.5 Å². The fourth-order valence-corrected chi connectivity index (χ4v) is 3.05. The zero-order chi connectivity index (χ0) is 18.1. The number of carbonyl (C=O) groups is 2. The highest BCUT2D eigenvalue weighted by molar-refractivity contribution is 5.82. The monoisotopic (exact) mass is 344 g/mol. The van der Waals surface area contributed by atoms with Crippen LogP contribution in [0.3, 0.4) is 0 Å². The van der Waals surface area contributed by atoms with Crippen molar-refractivity contribution in [1.29, 1.82) is 0 Å². The van der Waals surface area contributed by atoms with Gasteiger partial charge in [-0.3, -0.25) is 4.79 Å². The van der Waals surface area contributed by atoms with Crippen molar-refractivity contribution in [3.05, 3.63) is 45.3 Å². The van der Waals surface area contributed by atoms with Gasteiger partial charge in [0.2, 0.25) is 6.10 Å². The molecule has 6 heteroatoms. The average Bonchev–Trinajstić information content (AvgIpc) is 2.84. The number of benzene rings is 1. The van der Waals surface area contributed by atoms with Crippen molar-refractivity contribution in [2.24, 2.45) is 0 Å². The van der Waals surface area contributed by atoms with Crippen LogP contribution in [0.25, 0.3) is 11.0 Å². The van der Waals surface area contributed by atoms with E-state index in [1.165, 1.54) is 0 Å². The molecule has 2 aromatic rings. The summed E-state index contributed by atoms with van der Waals surface area (Å²) in [6.07, 6.45) is -0.529. The fourth-order valence-electron chi connectivity index (χ4n) is 3.05. The highest BCUT2D eigenvalue weighted by atomic mass is 16.6. The Morgan fingerprint density at radius 2 is 2.04 bits per heavy atom. The Labute approximate surface area is 144 Å². The van der Waals surface area contributed by atoms with Gasteiger partial charge < -0.3 is 13.9 Å². The van der Waals surface area contributed by atoms with Crippen molar-refractivity contribution >= 4 is 22.9 Å². The highest BCUT2D eigenvalue weighted by Crippen LogP contribution is 2.22.